The van der Waals surface area contributed by atoms with E-state index in [2.05, 4.69) is 102 Å². The number of fused-ring (bicyclic) bond motifs is 2. The van der Waals surface area contributed by atoms with Crippen LogP contribution in [0.5, 0.6) is 0 Å². The Morgan fingerprint density at radius 3 is 2.57 bits per heavy atom. The van der Waals surface area contributed by atoms with Crippen LogP contribution in [0.4, 0.5) is 0 Å². The molecule has 6 rings (SSSR count). The van der Waals surface area contributed by atoms with Crippen molar-refractivity contribution in [2.45, 2.75) is 33.1 Å². The maximum absolute atomic E-state index is 5.36. The Hall–Kier alpha value is -4.12. The molecule has 4 aromatic rings. The average Bonchev–Trinajstić information content (AvgIpc) is 3.57. The lowest BCUT2D eigenvalue weighted by atomic mass is 9.89. The van der Waals surface area contributed by atoms with Gasteiger partial charge in [0.25, 0.3) is 0 Å². The van der Waals surface area contributed by atoms with Gasteiger partial charge in [0.1, 0.15) is 0 Å². The number of hydrogen-bond acceptors (Lipinski definition) is 3. The predicted molar refractivity (Wildman–Crippen MR) is 157 cm³/mol. The molecule has 5 heteroatoms. The first-order chi connectivity index (χ1) is 18.1. The zero-order valence-corrected chi connectivity index (χ0v) is 21.6. The molecule has 0 spiro atoms. The van der Waals surface area contributed by atoms with Gasteiger partial charge in [-0.3, -0.25) is 9.98 Å². The van der Waals surface area contributed by atoms with Gasteiger partial charge in [-0.05, 0) is 50.5 Å². The highest BCUT2D eigenvalue weighted by Crippen LogP contribution is 2.32. The third-order valence-electron chi connectivity index (χ3n) is 7.89. The molecule has 37 heavy (non-hydrogen) atoms. The summed E-state index contributed by atoms with van der Waals surface area (Å²) in [6.07, 6.45) is 9.13. The molecule has 2 aromatic carbocycles. The van der Waals surface area contributed by atoms with Crippen molar-refractivity contribution in [3.8, 4) is 0 Å². The summed E-state index contributed by atoms with van der Waals surface area (Å²) in [5.41, 5.74) is 10.00. The van der Waals surface area contributed by atoms with E-state index in [0.717, 1.165) is 71.8 Å². The topological polar surface area (TPSA) is 59.5 Å². The Kier molecular flexibility index (Phi) is 6.13. The van der Waals surface area contributed by atoms with Crippen LogP contribution in [-0.2, 0) is 0 Å². The van der Waals surface area contributed by atoms with Gasteiger partial charge in [-0.15, -0.1) is 0 Å². The normalized spacial score (nSPS) is 21.7. The lowest BCUT2D eigenvalue weighted by Crippen LogP contribution is -2.35. The van der Waals surface area contributed by atoms with E-state index in [9.17, 15) is 0 Å². The van der Waals surface area contributed by atoms with E-state index in [-0.39, 0.29) is 0 Å². The molecule has 2 aliphatic heterocycles. The van der Waals surface area contributed by atoms with E-state index < -0.39 is 0 Å². The molecule has 0 radical (unpaired) electrons. The standard InChI is InChI=1S/C32H33N5/c1-21-22(2)33-16-8-13-28(36-32(21)31-19-25-9-4-6-11-29(25)35-31)24-14-17-37(18-15-24)23(3)27-20-34-30-12-7-5-10-26(27)30/h4-12,16,19-20,24,34-35H,3,13-15,17-18H2,1-2H3/b16-8-,32-21+,33-22+,36-28?. The summed E-state index contributed by atoms with van der Waals surface area (Å²) in [5.74, 6) is 0.433. The Morgan fingerprint density at radius 1 is 1.00 bits per heavy atom. The molecule has 0 amide bonds. The number of aromatic amines is 2. The number of H-pyrrole nitrogens is 2. The lowest BCUT2D eigenvalue weighted by molar-refractivity contribution is 0.295. The summed E-state index contributed by atoms with van der Waals surface area (Å²) in [6, 6.07) is 19.1. The predicted octanol–water partition coefficient (Wildman–Crippen LogP) is 7.58. The van der Waals surface area contributed by atoms with Gasteiger partial charge in [0.15, 0.2) is 0 Å². The number of aromatic nitrogens is 2. The number of allylic oxidation sites excluding steroid dienone is 2. The van der Waals surface area contributed by atoms with Gasteiger partial charge in [-0.1, -0.05) is 49.1 Å². The van der Waals surface area contributed by atoms with Crippen LogP contribution in [0.1, 0.15) is 44.4 Å². The maximum Gasteiger partial charge on any atom is 0.0911 e. The third kappa shape index (κ3) is 4.46. The van der Waals surface area contributed by atoms with Crippen LogP contribution in [0.25, 0.3) is 33.2 Å². The van der Waals surface area contributed by atoms with E-state index in [0.29, 0.717) is 5.92 Å². The van der Waals surface area contributed by atoms with Crippen molar-refractivity contribution in [1.82, 2.24) is 14.9 Å². The number of nitrogens with zero attached hydrogens (tertiary/aromatic N) is 3. The SMILES string of the molecule is C=C(c1c[nH]c2ccccc12)N1CCC(C2=N/C(c3cc4ccccc4[nH]3)=C(C)/C(C)=N/C=C\C2)CC1. The fraction of sp³-hybridized carbons (Fsp3) is 0.250. The van der Waals surface area contributed by atoms with Crippen molar-refractivity contribution in [3.63, 3.8) is 0 Å². The lowest BCUT2D eigenvalue weighted by Gasteiger charge is -2.35. The number of rotatable bonds is 4. The summed E-state index contributed by atoms with van der Waals surface area (Å²) in [5, 5.41) is 2.44. The molecule has 0 bridgehead atoms. The third-order valence-corrected chi connectivity index (χ3v) is 7.89. The number of benzene rings is 2. The average molecular weight is 488 g/mol. The summed E-state index contributed by atoms with van der Waals surface area (Å²) in [4.78, 5) is 19.5. The molecule has 1 fully saturated rings. The van der Waals surface area contributed by atoms with Crippen molar-refractivity contribution in [2.75, 3.05) is 13.1 Å². The van der Waals surface area contributed by atoms with E-state index in [1.807, 2.05) is 6.20 Å². The van der Waals surface area contributed by atoms with Gasteiger partial charge < -0.3 is 14.9 Å². The molecular weight excluding hydrogens is 454 g/mol. The molecule has 5 nitrogen and oxygen atoms in total. The van der Waals surface area contributed by atoms with Gasteiger partial charge >= 0.3 is 0 Å². The fourth-order valence-electron chi connectivity index (χ4n) is 5.56. The highest BCUT2D eigenvalue weighted by Gasteiger charge is 2.26. The van der Waals surface area contributed by atoms with Gasteiger partial charge in [-0.2, -0.15) is 0 Å². The Labute approximate surface area is 218 Å². The van der Waals surface area contributed by atoms with Crippen molar-refractivity contribution in [3.05, 3.63) is 96.5 Å². The number of aliphatic imine (C=N–C) groups is 2. The summed E-state index contributed by atoms with van der Waals surface area (Å²) in [6.45, 7) is 10.6. The molecular formula is C32H33N5. The van der Waals surface area contributed by atoms with Crippen molar-refractivity contribution in [1.29, 1.82) is 0 Å². The number of likely N-dealkylation sites (tertiary alicyclic amines) is 1. The van der Waals surface area contributed by atoms with E-state index >= 15 is 0 Å². The molecule has 2 N–H and O–H groups in total. The Balaban J connectivity index is 1.27. The zero-order chi connectivity index (χ0) is 25.4. The Morgan fingerprint density at radius 2 is 1.76 bits per heavy atom. The smallest absolute Gasteiger partial charge is 0.0911 e. The largest absolute Gasteiger partial charge is 0.371 e. The fourth-order valence-corrected chi connectivity index (χ4v) is 5.56. The molecule has 0 saturated carbocycles. The molecule has 0 atom stereocenters. The van der Waals surface area contributed by atoms with E-state index in [4.69, 9.17) is 9.98 Å². The molecule has 2 aromatic heterocycles. The second-order valence-corrected chi connectivity index (χ2v) is 10.1. The summed E-state index contributed by atoms with van der Waals surface area (Å²) in [7, 11) is 0. The van der Waals surface area contributed by atoms with Crippen molar-refractivity contribution < 1.29 is 0 Å². The molecule has 186 valence electrons. The summed E-state index contributed by atoms with van der Waals surface area (Å²) >= 11 is 0. The minimum absolute atomic E-state index is 0.433. The number of piperidine rings is 1. The molecule has 2 aliphatic rings. The highest BCUT2D eigenvalue weighted by molar-refractivity contribution is 6.07. The summed E-state index contributed by atoms with van der Waals surface area (Å²) < 4.78 is 0. The molecule has 1 saturated heterocycles. The number of hydrogen-bond donors (Lipinski definition) is 2. The Bertz CT molecular complexity index is 1570. The minimum atomic E-state index is 0.433. The monoisotopic (exact) mass is 487 g/mol. The van der Waals surface area contributed by atoms with Gasteiger partial charge in [0.05, 0.1) is 11.4 Å². The first-order valence-electron chi connectivity index (χ1n) is 13.1. The van der Waals surface area contributed by atoms with Crippen LogP contribution in [0.15, 0.2) is 95.2 Å². The highest BCUT2D eigenvalue weighted by atomic mass is 15.1. The quantitative estimate of drug-likeness (QED) is 0.306. The zero-order valence-electron chi connectivity index (χ0n) is 21.6. The van der Waals surface area contributed by atoms with E-state index in [1.54, 1.807) is 0 Å². The van der Waals surface area contributed by atoms with Crippen LogP contribution in [0.2, 0.25) is 0 Å². The van der Waals surface area contributed by atoms with Crippen LogP contribution in [0, 0.1) is 5.92 Å². The van der Waals surface area contributed by atoms with Crippen molar-refractivity contribution in [2.24, 2.45) is 15.9 Å². The number of para-hydroxylation sites is 2. The van der Waals surface area contributed by atoms with Gasteiger partial charge in [0.2, 0.25) is 0 Å². The van der Waals surface area contributed by atoms with Gasteiger partial charge in [0, 0.05) is 82.3 Å². The number of nitrogens with one attached hydrogen (secondary N) is 2. The van der Waals surface area contributed by atoms with Crippen LogP contribution in [0.3, 0.4) is 0 Å². The van der Waals surface area contributed by atoms with Crippen LogP contribution < -0.4 is 0 Å². The van der Waals surface area contributed by atoms with Crippen LogP contribution in [-0.4, -0.2) is 39.4 Å². The molecule has 0 unspecified atom stereocenters. The second-order valence-electron chi connectivity index (χ2n) is 10.1. The first-order valence-corrected chi connectivity index (χ1v) is 13.1. The van der Waals surface area contributed by atoms with E-state index in [1.165, 1.54) is 22.0 Å². The molecule has 4 heterocycles. The second kappa shape index (κ2) is 9.74. The first kappa shape index (κ1) is 23.3. The van der Waals surface area contributed by atoms with Crippen molar-refractivity contribution >= 4 is 44.6 Å². The minimum Gasteiger partial charge on any atom is -0.371 e. The maximum atomic E-state index is 5.36. The molecule has 0 aliphatic carbocycles. The van der Waals surface area contributed by atoms with Gasteiger partial charge in [-0.25, -0.2) is 0 Å². The van der Waals surface area contributed by atoms with Crippen LogP contribution >= 0.6 is 0 Å².